The summed E-state index contributed by atoms with van der Waals surface area (Å²) in [6.45, 7) is 0.476. The molecule has 0 aliphatic heterocycles. The summed E-state index contributed by atoms with van der Waals surface area (Å²) in [6.07, 6.45) is 1.70. The molecule has 2 aromatic heterocycles. The molecule has 0 atom stereocenters. The zero-order chi connectivity index (χ0) is 17.9. The quantitative estimate of drug-likeness (QED) is 0.418. The molecule has 26 heavy (non-hydrogen) atoms. The fourth-order valence-corrected chi connectivity index (χ4v) is 3.94. The number of fused-ring (bicyclic) bond motifs is 1. The second-order valence-electron chi connectivity index (χ2n) is 5.71. The van der Waals surface area contributed by atoms with Gasteiger partial charge in [0.05, 0.1) is 17.6 Å². The smallest absolute Gasteiger partial charge is 0.263 e. The SMILES string of the molecule is O=c1c2cccnc2sc(=Nc2ccc(I)cc2)n1Cc1ccccc1. The van der Waals surface area contributed by atoms with Crippen molar-refractivity contribution in [2.45, 2.75) is 6.54 Å². The minimum absolute atomic E-state index is 0.0695. The molecule has 4 nitrogen and oxygen atoms in total. The van der Waals surface area contributed by atoms with E-state index in [1.165, 1.54) is 11.3 Å². The average molecular weight is 471 g/mol. The Morgan fingerprint density at radius 2 is 1.77 bits per heavy atom. The lowest BCUT2D eigenvalue weighted by Gasteiger charge is -2.08. The molecule has 0 fully saturated rings. The van der Waals surface area contributed by atoms with Crippen molar-refractivity contribution in [3.05, 3.63) is 97.2 Å². The van der Waals surface area contributed by atoms with Crippen molar-refractivity contribution in [2.75, 3.05) is 0 Å². The summed E-state index contributed by atoms with van der Waals surface area (Å²) in [5, 5.41) is 0.620. The molecule has 0 amide bonds. The lowest BCUT2D eigenvalue weighted by atomic mass is 10.2. The van der Waals surface area contributed by atoms with Crippen molar-refractivity contribution in [3.63, 3.8) is 0 Å². The highest BCUT2D eigenvalue weighted by molar-refractivity contribution is 14.1. The van der Waals surface area contributed by atoms with E-state index in [1.54, 1.807) is 16.8 Å². The van der Waals surface area contributed by atoms with Crippen LogP contribution in [0.25, 0.3) is 10.2 Å². The van der Waals surface area contributed by atoms with Crippen molar-refractivity contribution in [1.29, 1.82) is 0 Å². The van der Waals surface area contributed by atoms with E-state index >= 15 is 0 Å². The molecule has 0 aliphatic carbocycles. The number of aromatic nitrogens is 2. The summed E-state index contributed by atoms with van der Waals surface area (Å²) in [5.41, 5.74) is 1.81. The number of pyridine rings is 1. The second kappa shape index (κ2) is 7.51. The van der Waals surface area contributed by atoms with Crippen molar-refractivity contribution >= 4 is 49.8 Å². The molecule has 2 heterocycles. The standard InChI is InChI=1S/C20H14IN3OS/c21-15-8-10-16(11-9-15)23-20-24(13-14-5-2-1-3-6-14)19(25)17-7-4-12-22-18(17)26-20/h1-12H,13H2. The third-order valence-electron chi connectivity index (χ3n) is 3.90. The Bertz CT molecular complexity index is 1180. The van der Waals surface area contributed by atoms with Gasteiger partial charge in [0, 0.05) is 9.77 Å². The first-order valence-electron chi connectivity index (χ1n) is 8.03. The molecule has 0 radical (unpaired) electrons. The van der Waals surface area contributed by atoms with Gasteiger partial charge in [-0.3, -0.25) is 9.36 Å². The summed E-state index contributed by atoms with van der Waals surface area (Å²) >= 11 is 3.69. The molecular weight excluding hydrogens is 457 g/mol. The highest BCUT2D eigenvalue weighted by atomic mass is 127. The molecule has 0 saturated heterocycles. The zero-order valence-corrected chi connectivity index (χ0v) is 16.6. The summed E-state index contributed by atoms with van der Waals surface area (Å²) in [7, 11) is 0. The lowest BCUT2D eigenvalue weighted by Crippen LogP contribution is -2.32. The van der Waals surface area contributed by atoms with Crippen LogP contribution in [-0.4, -0.2) is 9.55 Å². The van der Waals surface area contributed by atoms with Crippen molar-refractivity contribution in [2.24, 2.45) is 4.99 Å². The third kappa shape index (κ3) is 3.61. The number of hydrogen-bond donors (Lipinski definition) is 0. The Labute approximate surface area is 167 Å². The first-order valence-corrected chi connectivity index (χ1v) is 9.93. The van der Waals surface area contributed by atoms with E-state index in [4.69, 9.17) is 4.99 Å². The predicted octanol–water partition coefficient (Wildman–Crippen LogP) is 4.34. The average Bonchev–Trinajstić information content (AvgIpc) is 2.67. The summed E-state index contributed by atoms with van der Waals surface area (Å²) in [5.74, 6) is 0. The topological polar surface area (TPSA) is 47.2 Å². The summed E-state index contributed by atoms with van der Waals surface area (Å²) < 4.78 is 2.87. The Morgan fingerprint density at radius 1 is 1.00 bits per heavy atom. The maximum absolute atomic E-state index is 13.1. The molecule has 0 saturated carbocycles. The van der Waals surface area contributed by atoms with Crippen LogP contribution >= 0.6 is 33.9 Å². The van der Waals surface area contributed by atoms with Crippen molar-refractivity contribution in [1.82, 2.24) is 9.55 Å². The minimum Gasteiger partial charge on any atom is -0.279 e. The van der Waals surface area contributed by atoms with Gasteiger partial charge in [-0.15, -0.1) is 0 Å². The normalized spacial score (nSPS) is 11.8. The minimum atomic E-state index is -0.0695. The maximum atomic E-state index is 13.1. The first kappa shape index (κ1) is 17.1. The highest BCUT2D eigenvalue weighted by Gasteiger charge is 2.08. The first-order chi connectivity index (χ1) is 12.7. The van der Waals surface area contributed by atoms with Crippen LogP contribution in [0.5, 0.6) is 0 Å². The maximum Gasteiger partial charge on any atom is 0.263 e. The van der Waals surface area contributed by atoms with E-state index in [1.807, 2.05) is 60.7 Å². The Balaban J connectivity index is 1.96. The van der Waals surface area contributed by atoms with E-state index in [0.717, 1.165) is 14.8 Å². The van der Waals surface area contributed by atoms with E-state index < -0.39 is 0 Å². The van der Waals surface area contributed by atoms with E-state index in [2.05, 4.69) is 27.6 Å². The zero-order valence-electron chi connectivity index (χ0n) is 13.7. The van der Waals surface area contributed by atoms with Gasteiger partial charge in [-0.25, -0.2) is 9.98 Å². The van der Waals surface area contributed by atoms with Crippen LogP contribution in [0.15, 0.2) is 82.7 Å². The molecule has 0 unspecified atom stereocenters. The molecule has 4 aromatic rings. The van der Waals surface area contributed by atoms with Gasteiger partial charge in [0.2, 0.25) is 0 Å². The van der Waals surface area contributed by atoms with Gasteiger partial charge < -0.3 is 0 Å². The van der Waals surface area contributed by atoms with E-state index in [-0.39, 0.29) is 5.56 Å². The second-order valence-corrected chi connectivity index (χ2v) is 7.91. The van der Waals surface area contributed by atoms with Crippen LogP contribution in [0, 0.1) is 3.57 Å². The fraction of sp³-hybridized carbons (Fsp3) is 0.0500. The Hall–Kier alpha value is -2.32. The van der Waals surface area contributed by atoms with Crippen molar-refractivity contribution in [3.8, 4) is 0 Å². The van der Waals surface area contributed by atoms with Gasteiger partial charge in [-0.2, -0.15) is 0 Å². The lowest BCUT2D eigenvalue weighted by molar-refractivity contribution is 0.739. The van der Waals surface area contributed by atoms with Crippen LogP contribution in [-0.2, 0) is 6.54 Å². The third-order valence-corrected chi connectivity index (χ3v) is 5.63. The molecule has 4 rings (SSSR count). The molecular formula is C20H14IN3OS. The molecule has 0 aliphatic rings. The van der Waals surface area contributed by atoms with Crippen molar-refractivity contribution < 1.29 is 0 Å². The van der Waals surface area contributed by atoms with Crippen LogP contribution in [0.4, 0.5) is 5.69 Å². The van der Waals surface area contributed by atoms with Crippen LogP contribution < -0.4 is 10.4 Å². The number of nitrogens with zero attached hydrogens (tertiary/aromatic N) is 3. The number of rotatable bonds is 3. The summed E-state index contributed by atoms with van der Waals surface area (Å²) in [4.78, 5) is 23.5. The number of halogens is 1. The molecule has 2 aromatic carbocycles. The Morgan fingerprint density at radius 3 is 2.54 bits per heavy atom. The molecule has 6 heteroatoms. The van der Waals surface area contributed by atoms with E-state index in [0.29, 0.717) is 21.6 Å². The largest absolute Gasteiger partial charge is 0.279 e. The molecule has 0 N–H and O–H groups in total. The number of hydrogen-bond acceptors (Lipinski definition) is 4. The molecule has 128 valence electrons. The molecule has 0 spiro atoms. The van der Waals surface area contributed by atoms with Gasteiger partial charge in [-0.1, -0.05) is 41.7 Å². The van der Waals surface area contributed by atoms with Crippen LogP contribution in [0.1, 0.15) is 5.56 Å². The van der Waals surface area contributed by atoms with Gasteiger partial charge in [0.1, 0.15) is 4.83 Å². The van der Waals surface area contributed by atoms with E-state index in [9.17, 15) is 4.79 Å². The number of benzene rings is 2. The molecule has 0 bridgehead atoms. The summed E-state index contributed by atoms with van der Waals surface area (Å²) in [6, 6.07) is 21.5. The fourth-order valence-electron chi connectivity index (χ4n) is 2.62. The van der Waals surface area contributed by atoms with Crippen LogP contribution in [0.3, 0.4) is 0 Å². The van der Waals surface area contributed by atoms with Gasteiger partial charge >= 0.3 is 0 Å². The van der Waals surface area contributed by atoms with Gasteiger partial charge in [0.25, 0.3) is 5.56 Å². The predicted molar refractivity (Wildman–Crippen MR) is 114 cm³/mol. The Kier molecular flexibility index (Phi) is 4.94. The highest BCUT2D eigenvalue weighted by Crippen LogP contribution is 2.15. The monoisotopic (exact) mass is 471 g/mol. The van der Waals surface area contributed by atoms with Gasteiger partial charge in [0.15, 0.2) is 4.80 Å². The van der Waals surface area contributed by atoms with Gasteiger partial charge in [-0.05, 0) is 64.6 Å². The van der Waals surface area contributed by atoms with Crippen LogP contribution in [0.2, 0.25) is 0 Å².